The predicted octanol–water partition coefficient (Wildman–Crippen LogP) is 0.142. The number of alkyl halides is 1. The van der Waals surface area contributed by atoms with Crippen molar-refractivity contribution in [2.75, 3.05) is 13.2 Å². The van der Waals surface area contributed by atoms with E-state index in [1.807, 2.05) is 13.1 Å². The Kier molecular flexibility index (Phi) is 1.89. The van der Waals surface area contributed by atoms with Crippen LogP contribution in [0.2, 0.25) is 0 Å². The van der Waals surface area contributed by atoms with E-state index in [-0.39, 0.29) is 6.67 Å². The van der Waals surface area contributed by atoms with Crippen molar-refractivity contribution in [3.63, 3.8) is 0 Å². The Morgan fingerprint density at radius 2 is 2.56 bits per heavy atom. The SMILES string of the molecule is CC1=CN(CCF)NN1. The van der Waals surface area contributed by atoms with Crippen LogP contribution in [-0.2, 0) is 0 Å². The molecule has 0 saturated carbocycles. The smallest absolute Gasteiger partial charge is 0.109 e. The van der Waals surface area contributed by atoms with Crippen molar-refractivity contribution in [2.45, 2.75) is 6.92 Å². The maximum atomic E-state index is 11.6. The molecular weight excluding hydrogens is 121 g/mol. The van der Waals surface area contributed by atoms with Gasteiger partial charge in [0.05, 0.1) is 6.54 Å². The molecule has 0 amide bonds. The topological polar surface area (TPSA) is 27.3 Å². The van der Waals surface area contributed by atoms with Crippen LogP contribution in [0, 0.1) is 0 Å². The Morgan fingerprint density at radius 3 is 3.00 bits per heavy atom. The van der Waals surface area contributed by atoms with Crippen LogP contribution in [-0.4, -0.2) is 18.2 Å². The Hall–Kier alpha value is -0.770. The van der Waals surface area contributed by atoms with Gasteiger partial charge in [0.15, 0.2) is 0 Å². The fourth-order valence-corrected chi connectivity index (χ4v) is 0.670. The van der Waals surface area contributed by atoms with Crippen molar-refractivity contribution < 1.29 is 4.39 Å². The average molecular weight is 131 g/mol. The van der Waals surface area contributed by atoms with Gasteiger partial charge in [-0.3, -0.25) is 5.01 Å². The standard InChI is InChI=1S/C5H10FN3/c1-5-4-9(3-2-6)8-7-5/h4,7-8H,2-3H2,1H3. The van der Waals surface area contributed by atoms with Gasteiger partial charge in [-0.15, -0.1) is 5.53 Å². The molecule has 0 saturated heterocycles. The number of hydrogen-bond acceptors (Lipinski definition) is 3. The fraction of sp³-hybridized carbons (Fsp3) is 0.600. The lowest BCUT2D eigenvalue weighted by molar-refractivity contribution is 0.246. The quantitative estimate of drug-likeness (QED) is 0.558. The van der Waals surface area contributed by atoms with E-state index in [0.29, 0.717) is 6.54 Å². The zero-order valence-electron chi connectivity index (χ0n) is 5.32. The minimum atomic E-state index is -0.335. The molecule has 0 bridgehead atoms. The summed E-state index contributed by atoms with van der Waals surface area (Å²) in [6.07, 6.45) is 1.82. The molecule has 0 unspecified atom stereocenters. The molecule has 0 radical (unpaired) electrons. The van der Waals surface area contributed by atoms with Gasteiger partial charge in [-0.25, -0.2) is 4.39 Å². The summed E-state index contributed by atoms with van der Waals surface area (Å²) in [6, 6.07) is 0. The number of allylic oxidation sites excluding steroid dienone is 1. The second-order valence-corrected chi connectivity index (χ2v) is 1.93. The lowest BCUT2D eigenvalue weighted by Crippen LogP contribution is -2.37. The van der Waals surface area contributed by atoms with Crippen LogP contribution in [0.1, 0.15) is 6.92 Å². The van der Waals surface area contributed by atoms with Crippen LogP contribution in [0.25, 0.3) is 0 Å². The van der Waals surface area contributed by atoms with Crippen molar-refractivity contribution in [1.29, 1.82) is 0 Å². The maximum absolute atomic E-state index is 11.6. The minimum Gasteiger partial charge on any atom is -0.307 e. The first-order valence-corrected chi connectivity index (χ1v) is 2.85. The van der Waals surface area contributed by atoms with Crippen molar-refractivity contribution in [3.05, 3.63) is 11.9 Å². The summed E-state index contributed by atoms with van der Waals surface area (Å²) in [5.41, 5.74) is 6.59. The van der Waals surface area contributed by atoms with E-state index < -0.39 is 0 Å². The van der Waals surface area contributed by atoms with Crippen molar-refractivity contribution in [1.82, 2.24) is 16.0 Å². The Morgan fingerprint density at radius 1 is 1.78 bits per heavy atom. The first-order valence-electron chi connectivity index (χ1n) is 2.85. The first-order chi connectivity index (χ1) is 4.33. The molecule has 2 N–H and O–H groups in total. The minimum absolute atomic E-state index is 0.335. The lowest BCUT2D eigenvalue weighted by atomic mass is 10.5. The molecule has 0 atom stereocenters. The Bertz CT molecular complexity index is 123. The largest absolute Gasteiger partial charge is 0.307 e. The molecule has 0 fully saturated rings. The molecule has 0 aliphatic carbocycles. The summed E-state index contributed by atoms with van der Waals surface area (Å²) >= 11 is 0. The van der Waals surface area contributed by atoms with Gasteiger partial charge >= 0.3 is 0 Å². The van der Waals surface area contributed by atoms with Crippen molar-refractivity contribution >= 4 is 0 Å². The average Bonchev–Trinajstić information content (AvgIpc) is 2.17. The molecular formula is C5H10FN3. The van der Waals surface area contributed by atoms with Crippen molar-refractivity contribution in [2.24, 2.45) is 0 Å². The number of hydrogen-bond donors (Lipinski definition) is 2. The Balaban J connectivity index is 2.29. The Labute approximate surface area is 53.5 Å². The lowest BCUT2D eigenvalue weighted by Gasteiger charge is -2.11. The molecule has 3 nitrogen and oxygen atoms in total. The predicted molar refractivity (Wildman–Crippen MR) is 32.7 cm³/mol. The molecule has 1 rings (SSSR count). The summed E-state index contributed by atoms with van der Waals surface area (Å²) in [6.45, 7) is 1.97. The molecule has 0 aromatic carbocycles. The number of nitrogens with zero attached hydrogens (tertiary/aromatic N) is 1. The molecule has 0 aromatic heterocycles. The van der Waals surface area contributed by atoms with E-state index >= 15 is 0 Å². The molecule has 1 aliphatic heterocycles. The van der Waals surface area contributed by atoms with Gasteiger partial charge in [0.1, 0.15) is 6.67 Å². The zero-order chi connectivity index (χ0) is 6.69. The number of hydrazine groups is 2. The third-order valence-corrected chi connectivity index (χ3v) is 1.07. The summed E-state index contributed by atoms with van der Waals surface area (Å²) in [4.78, 5) is 0. The zero-order valence-corrected chi connectivity index (χ0v) is 5.32. The molecule has 9 heavy (non-hydrogen) atoms. The van der Waals surface area contributed by atoms with E-state index in [0.717, 1.165) is 5.70 Å². The molecule has 0 aromatic rings. The first kappa shape index (κ1) is 6.35. The van der Waals surface area contributed by atoms with Gasteiger partial charge in [0.2, 0.25) is 0 Å². The van der Waals surface area contributed by atoms with Crippen molar-refractivity contribution in [3.8, 4) is 0 Å². The normalized spacial score (nSPS) is 17.6. The van der Waals surface area contributed by atoms with Gasteiger partial charge in [-0.2, -0.15) is 0 Å². The molecule has 1 heterocycles. The highest BCUT2D eigenvalue weighted by molar-refractivity contribution is 4.96. The summed E-state index contributed by atoms with van der Waals surface area (Å²) in [5, 5.41) is 1.66. The molecule has 4 heteroatoms. The second-order valence-electron chi connectivity index (χ2n) is 1.93. The van der Waals surface area contributed by atoms with Gasteiger partial charge < -0.3 is 5.43 Å². The van der Waals surface area contributed by atoms with Gasteiger partial charge in [0.25, 0.3) is 0 Å². The fourth-order valence-electron chi connectivity index (χ4n) is 0.670. The third kappa shape index (κ3) is 1.57. The monoisotopic (exact) mass is 131 g/mol. The van der Waals surface area contributed by atoms with Crippen LogP contribution in [0.3, 0.4) is 0 Å². The number of rotatable bonds is 2. The highest BCUT2D eigenvalue weighted by Gasteiger charge is 2.04. The van der Waals surface area contributed by atoms with Crippen LogP contribution < -0.4 is 11.0 Å². The maximum Gasteiger partial charge on any atom is 0.109 e. The summed E-state index contributed by atoms with van der Waals surface area (Å²) < 4.78 is 11.6. The number of halogens is 1. The summed E-state index contributed by atoms with van der Waals surface area (Å²) in [7, 11) is 0. The van der Waals surface area contributed by atoms with Gasteiger partial charge in [-0.05, 0) is 6.92 Å². The molecule has 52 valence electrons. The third-order valence-electron chi connectivity index (χ3n) is 1.07. The van der Waals surface area contributed by atoms with Gasteiger partial charge in [-0.1, -0.05) is 0 Å². The van der Waals surface area contributed by atoms with E-state index in [1.165, 1.54) is 0 Å². The second kappa shape index (κ2) is 2.68. The van der Waals surface area contributed by atoms with Gasteiger partial charge in [0, 0.05) is 11.9 Å². The van der Waals surface area contributed by atoms with E-state index in [1.54, 1.807) is 5.01 Å². The van der Waals surface area contributed by atoms with E-state index in [9.17, 15) is 4.39 Å². The van der Waals surface area contributed by atoms with Crippen LogP contribution in [0.4, 0.5) is 4.39 Å². The van der Waals surface area contributed by atoms with Crippen LogP contribution >= 0.6 is 0 Å². The van der Waals surface area contributed by atoms with Crippen LogP contribution in [0.5, 0.6) is 0 Å². The van der Waals surface area contributed by atoms with Crippen LogP contribution in [0.15, 0.2) is 11.9 Å². The van der Waals surface area contributed by atoms with E-state index in [2.05, 4.69) is 11.0 Å². The molecule has 1 aliphatic rings. The summed E-state index contributed by atoms with van der Waals surface area (Å²) in [5.74, 6) is 0. The number of nitrogens with one attached hydrogen (secondary N) is 2. The van der Waals surface area contributed by atoms with E-state index in [4.69, 9.17) is 0 Å². The highest BCUT2D eigenvalue weighted by Crippen LogP contribution is 1.95. The highest BCUT2D eigenvalue weighted by atomic mass is 19.1. The molecule has 0 spiro atoms.